The molecule has 2 aliphatic rings. The summed E-state index contributed by atoms with van der Waals surface area (Å²) in [4.78, 5) is 24.8. The third-order valence-corrected chi connectivity index (χ3v) is 3.47. The van der Waals surface area contributed by atoms with Crippen molar-refractivity contribution in [3.63, 3.8) is 0 Å². The molecular formula is C13H21NO2. The van der Waals surface area contributed by atoms with Crippen LogP contribution in [0.4, 0.5) is 0 Å². The van der Waals surface area contributed by atoms with E-state index in [0.29, 0.717) is 0 Å². The summed E-state index contributed by atoms with van der Waals surface area (Å²) in [5, 5.41) is 0. The van der Waals surface area contributed by atoms with Gasteiger partial charge in [0.2, 0.25) is 11.8 Å². The Kier molecular flexibility index (Phi) is 3.89. The minimum Gasteiger partial charge on any atom is -0.285 e. The lowest BCUT2D eigenvalue weighted by molar-refractivity contribution is -0.138. The first kappa shape index (κ1) is 12.9. The number of imide groups is 1. The topological polar surface area (TPSA) is 37.4 Å². The van der Waals surface area contributed by atoms with Crippen molar-refractivity contribution in [1.82, 2.24) is 4.90 Å². The van der Waals surface area contributed by atoms with Gasteiger partial charge in [0.1, 0.15) is 0 Å². The smallest absolute Gasteiger partial charge is 0.233 e. The number of rotatable bonds is 0. The van der Waals surface area contributed by atoms with E-state index in [9.17, 15) is 9.59 Å². The summed E-state index contributed by atoms with van der Waals surface area (Å²) in [6, 6.07) is 0. The molecule has 2 rings (SSSR count). The maximum Gasteiger partial charge on any atom is 0.233 e. The van der Waals surface area contributed by atoms with Crippen molar-refractivity contribution in [2.24, 2.45) is 23.7 Å². The lowest BCUT2D eigenvalue weighted by Gasteiger charge is -2.27. The largest absolute Gasteiger partial charge is 0.285 e. The van der Waals surface area contributed by atoms with Gasteiger partial charge in [-0.1, -0.05) is 39.8 Å². The molecule has 0 aromatic heterocycles. The summed E-state index contributed by atoms with van der Waals surface area (Å²) < 4.78 is 0. The fourth-order valence-corrected chi connectivity index (χ4v) is 2.56. The van der Waals surface area contributed by atoms with Gasteiger partial charge in [0, 0.05) is 7.05 Å². The van der Waals surface area contributed by atoms with Crippen LogP contribution in [-0.2, 0) is 9.59 Å². The summed E-state index contributed by atoms with van der Waals surface area (Å²) in [5.41, 5.74) is 0. The first-order valence-corrected chi connectivity index (χ1v) is 6.03. The summed E-state index contributed by atoms with van der Waals surface area (Å²) in [7, 11) is 1.59. The average Bonchev–Trinajstić information content (AvgIpc) is 2.52. The second-order valence-electron chi connectivity index (χ2n) is 4.39. The number of carbonyl (C=O) groups excluding carboxylic acids is 2. The molecule has 0 bridgehead atoms. The van der Waals surface area contributed by atoms with Crippen LogP contribution in [0.3, 0.4) is 0 Å². The van der Waals surface area contributed by atoms with E-state index >= 15 is 0 Å². The third kappa shape index (κ3) is 1.79. The molecule has 3 nitrogen and oxygen atoms in total. The maximum atomic E-state index is 11.8. The minimum atomic E-state index is -0.118. The van der Waals surface area contributed by atoms with Gasteiger partial charge >= 0.3 is 0 Å². The van der Waals surface area contributed by atoms with E-state index in [1.165, 1.54) is 4.90 Å². The number of hydrogen-bond donors (Lipinski definition) is 0. The molecular weight excluding hydrogens is 202 g/mol. The molecule has 4 atom stereocenters. The fraction of sp³-hybridized carbons (Fsp3) is 0.692. The van der Waals surface area contributed by atoms with Gasteiger partial charge in [-0.2, -0.15) is 0 Å². The molecule has 2 amide bonds. The Morgan fingerprint density at radius 2 is 1.25 bits per heavy atom. The van der Waals surface area contributed by atoms with Crippen LogP contribution in [0, 0.1) is 23.7 Å². The molecule has 0 aromatic carbocycles. The second kappa shape index (κ2) is 4.81. The predicted molar refractivity (Wildman–Crippen MR) is 63.6 cm³/mol. The third-order valence-electron chi connectivity index (χ3n) is 3.47. The molecule has 0 aromatic rings. The van der Waals surface area contributed by atoms with Crippen LogP contribution in [0.5, 0.6) is 0 Å². The van der Waals surface area contributed by atoms with Crippen molar-refractivity contribution < 1.29 is 9.59 Å². The zero-order valence-electron chi connectivity index (χ0n) is 10.7. The SMILES string of the molecule is CC.CC1C=CC(C)C2C(=O)N(C)C(=O)C12. The highest BCUT2D eigenvalue weighted by Gasteiger charge is 2.50. The van der Waals surface area contributed by atoms with Crippen LogP contribution in [0.1, 0.15) is 27.7 Å². The Morgan fingerprint density at radius 1 is 0.938 bits per heavy atom. The molecule has 1 aliphatic heterocycles. The normalized spacial score (nSPS) is 36.9. The van der Waals surface area contributed by atoms with Crippen LogP contribution in [0.2, 0.25) is 0 Å². The Hall–Kier alpha value is -1.12. The highest BCUT2D eigenvalue weighted by molar-refractivity contribution is 6.05. The first-order chi connectivity index (χ1) is 7.54. The van der Waals surface area contributed by atoms with Crippen molar-refractivity contribution in [2.75, 3.05) is 7.05 Å². The Bertz CT molecular complexity index is 292. The van der Waals surface area contributed by atoms with Gasteiger partial charge in [-0.3, -0.25) is 14.5 Å². The molecule has 0 radical (unpaired) electrons. The molecule has 0 N–H and O–H groups in total. The summed E-state index contributed by atoms with van der Waals surface area (Å²) >= 11 is 0. The molecule has 16 heavy (non-hydrogen) atoms. The zero-order valence-corrected chi connectivity index (χ0v) is 10.7. The van der Waals surface area contributed by atoms with Crippen molar-refractivity contribution >= 4 is 11.8 Å². The maximum absolute atomic E-state index is 11.8. The van der Waals surface area contributed by atoms with Crippen molar-refractivity contribution in [3.05, 3.63) is 12.2 Å². The van der Waals surface area contributed by atoms with E-state index in [1.807, 2.05) is 27.7 Å². The zero-order chi connectivity index (χ0) is 12.5. The summed E-state index contributed by atoms with van der Waals surface area (Å²) in [5.74, 6) is 0.127. The quantitative estimate of drug-likeness (QED) is 0.466. The number of allylic oxidation sites excluding steroid dienone is 2. The van der Waals surface area contributed by atoms with E-state index in [-0.39, 0.29) is 35.5 Å². The Balaban J connectivity index is 0.000000606. The van der Waals surface area contributed by atoms with Crippen molar-refractivity contribution in [1.29, 1.82) is 0 Å². The molecule has 1 heterocycles. The van der Waals surface area contributed by atoms with Gasteiger partial charge in [0.15, 0.2) is 0 Å². The highest BCUT2D eigenvalue weighted by Crippen LogP contribution is 2.40. The van der Waals surface area contributed by atoms with Gasteiger partial charge in [0.25, 0.3) is 0 Å². The monoisotopic (exact) mass is 223 g/mol. The van der Waals surface area contributed by atoms with Gasteiger partial charge in [0.05, 0.1) is 11.8 Å². The molecule has 1 aliphatic carbocycles. The average molecular weight is 223 g/mol. The molecule has 4 unspecified atom stereocenters. The van der Waals surface area contributed by atoms with E-state index < -0.39 is 0 Å². The van der Waals surface area contributed by atoms with Gasteiger partial charge in [-0.05, 0) is 11.8 Å². The van der Waals surface area contributed by atoms with E-state index in [1.54, 1.807) is 7.05 Å². The van der Waals surface area contributed by atoms with Crippen LogP contribution in [-0.4, -0.2) is 23.8 Å². The standard InChI is InChI=1S/C11H15NO2.C2H6/c1-6-4-5-7(2)9-8(6)10(13)12(3)11(9)14;1-2/h4-9H,1-3H3;1-2H3. The van der Waals surface area contributed by atoms with Gasteiger partial charge in [-0.25, -0.2) is 0 Å². The molecule has 90 valence electrons. The summed E-state index contributed by atoms with van der Waals surface area (Å²) in [6.45, 7) is 8.01. The lowest BCUT2D eigenvalue weighted by atomic mass is 9.73. The fourth-order valence-electron chi connectivity index (χ4n) is 2.56. The summed E-state index contributed by atoms with van der Waals surface area (Å²) in [6.07, 6.45) is 4.10. The van der Waals surface area contributed by atoms with Gasteiger partial charge < -0.3 is 0 Å². The molecule has 3 heteroatoms. The second-order valence-corrected chi connectivity index (χ2v) is 4.39. The van der Waals surface area contributed by atoms with Crippen LogP contribution < -0.4 is 0 Å². The highest BCUT2D eigenvalue weighted by atomic mass is 16.2. The Morgan fingerprint density at radius 3 is 1.56 bits per heavy atom. The number of amides is 2. The molecule has 1 saturated heterocycles. The van der Waals surface area contributed by atoms with E-state index in [0.717, 1.165) is 0 Å². The molecule has 1 fully saturated rings. The number of fused-ring (bicyclic) bond motifs is 1. The predicted octanol–water partition coefficient (Wildman–Crippen LogP) is 2.09. The van der Waals surface area contributed by atoms with Crippen molar-refractivity contribution in [3.8, 4) is 0 Å². The minimum absolute atomic E-state index is 0.0105. The van der Waals surface area contributed by atoms with Crippen molar-refractivity contribution in [2.45, 2.75) is 27.7 Å². The number of nitrogens with zero attached hydrogens (tertiary/aromatic N) is 1. The molecule has 0 spiro atoms. The molecule has 0 saturated carbocycles. The lowest BCUT2D eigenvalue weighted by Crippen LogP contribution is -2.31. The number of hydrogen-bond acceptors (Lipinski definition) is 2. The van der Waals surface area contributed by atoms with Crippen LogP contribution in [0.15, 0.2) is 12.2 Å². The first-order valence-electron chi connectivity index (χ1n) is 6.03. The van der Waals surface area contributed by atoms with E-state index in [4.69, 9.17) is 0 Å². The van der Waals surface area contributed by atoms with E-state index in [2.05, 4.69) is 12.2 Å². The van der Waals surface area contributed by atoms with Crippen LogP contribution in [0.25, 0.3) is 0 Å². The number of likely N-dealkylation sites (tertiary alicyclic amines) is 1. The number of carbonyl (C=O) groups is 2. The van der Waals surface area contributed by atoms with Gasteiger partial charge in [-0.15, -0.1) is 0 Å². The van der Waals surface area contributed by atoms with Crippen LogP contribution >= 0.6 is 0 Å². The Labute approximate surface area is 97.5 Å².